The van der Waals surface area contributed by atoms with Gasteiger partial charge in [-0.25, -0.2) is 4.79 Å². The van der Waals surface area contributed by atoms with Gasteiger partial charge >= 0.3 is 5.97 Å². The molecular formula is C11H7NO5. The first kappa shape index (κ1) is 9.83. The van der Waals surface area contributed by atoms with Crippen LogP contribution in [0.3, 0.4) is 0 Å². The van der Waals surface area contributed by atoms with E-state index in [9.17, 15) is 14.4 Å². The fraction of sp³-hybridized carbons (Fsp3) is 0.182. The van der Waals surface area contributed by atoms with Gasteiger partial charge in [0, 0.05) is 5.56 Å². The summed E-state index contributed by atoms with van der Waals surface area (Å²) >= 11 is 0. The van der Waals surface area contributed by atoms with Gasteiger partial charge in [-0.05, 0) is 6.92 Å². The summed E-state index contributed by atoms with van der Waals surface area (Å²) in [6.07, 6.45) is 0. The predicted molar refractivity (Wildman–Crippen MR) is 55.3 cm³/mol. The highest BCUT2D eigenvalue weighted by Crippen LogP contribution is 2.38. The number of methoxy groups -OCH3 is 1. The maximum absolute atomic E-state index is 11.6. The quantitative estimate of drug-likeness (QED) is 0.583. The fourth-order valence-electron chi connectivity index (χ4n) is 2.16. The molecule has 86 valence electrons. The van der Waals surface area contributed by atoms with E-state index >= 15 is 0 Å². The SMILES string of the molecule is COC(=O)c1c(C)c2oc1c1c2C(=O)NC1=O. The highest BCUT2D eigenvalue weighted by Gasteiger charge is 2.40. The molecule has 3 rings (SSSR count). The average Bonchev–Trinajstić information content (AvgIpc) is 2.90. The lowest BCUT2D eigenvalue weighted by atomic mass is 10.0. The van der Waals surface area contributed by atoms with Gasteiger partial charge in [-0.1, -0.05) is 0 Å². The standard InChI is InChI=1S/C11H7NO5/c1-3-4(11(15)16-2)8-6-5(7(3)17-8)9(13)12-10(6)14/h1-2H3,(H,12,13,14). The normalized spacial score (nSPS) is 14.2. The highest BCUT2D eigenvalue weighted by molar-refractivity contribution is 6.30. The smallest absolute Gasteiger partial charge is 0.342 e. The summed E-state index contributed by atoms with van der Waals surface area (Å²) in [4.78, 5) is 34.6. The summed E-state index contributed by atoms with van der Waals surface area (Å²) in [6.45, 7) is 1.65. The zero-order valence-corrected chi connectivity index (χ0v) is 9.04. The van der Waals surface area contributed by atoms with E-state index in [0.29, 0.717) is 5.56 Å². The van der Waals surface area contributed by atoms with Gasteiger partial charge in [0.05, 0.1) is 18.2 Å². The molecule has 3 heterocycles. The second-order valence-electron chi connectivity index (χ2n) is 3.79. The second kappa shape index (κ2) is 2.85. The van der Waals surface area contributed by atoms with Crippen molar-refractivity contribution < 1.29 is 23.5 Å². The first-order valence-electron chi connectivity index (χ1n) is 4.88. The summed E-state index contributed by atoms with van der Waals surface area (Å²) in [5, 5.41) is 2.17. The zero-order chi connectivity index (χ0) is 12.3. The average molecular weight is 233 g/mol. The lowest BCUT2D eigenvalue weighted by molar-refractivity contribution is 0.0601. The number of hydrogen-bond acceptors (Lipinski definition) is 5. The number of hydrogen-bond donors (Lipinski definition) is 1. The van der Waals surface area contributed by atoms with Crippen molar-refractivity contribution >= 4 is 28.9 Å². The van der Waals surface area contributed by atoms with Crippen LogP contribution in [0.5, 0.6) is 0 Å². The molecule has 2 aromatic rings. The van der Waals surface area contributed by atoms with Crippen LogP contribution in [0, 0.1) is 6.92 Å². The number of fused-ring (bicyclic) bond motifs is 5. The summed E-state index contributed by atoms with van der Waals surface area (Å²) in [7, 11) is 1.25. The van der Waals surface area contributed by atoms with Crippen molar-refractivity contribution in [1.82, 2.24) is 5.32 Å². The maximum atomic E-state index is 11.6. The van der Waals surface area contributed by atoms with Gasteiger partial charge in [0.2, 0.25) is 0 Å². The van der Waals surface area contributed by atoms with Gasteiger partial charge in [-0.2, -0.15) is 0 Å². The third kappa shape index (κ3) is 0.968. The molecule has 2 aromatic heterocycles. The van der Waals surface area contributed by atoms with Crippen LogP contribution in [-0.2, 0) is 4.74 Å². The summed E-state index contributed by atoms with van der Waals surface area (Å²) in [5.74, 6) is -1.60. The fourth-order valence-corrected chi connectivity index (χ4v) is 2.16. The van der Waals surface area contributed by atoms with E-state index in [2.05, 4.69) is 10.1 Å². The molecule has 1 aliphatic rings. The minimum absolute atomic E-state index is 0.128. The van der Waals surface area contributed by atoms with Gasteiger partial charge in [0.15, 0.2) is 5.58 Å². The predicted octanol–water partition coefficient (Wildman–Crippen LogP) is 0.849. The van der Waals surface area contributed by atoms with Crippen molar-refractivity contribution in [2.75, 3.05) is 7.11 Å². The van der Waals surface area contributed by atoms with Crippen molar-refractivity contribution in [3.8, 4) is 0 Å². The number of rotatable bonds is 1. The Morgan fingerprint density at radius 2 is 1.76 bits per heavy atom. The number of esters is 1. The molecule has 0 atom stereocenters. The molecule has 0 radical (unpaired) electrons. The van der Waals surface area contributed by atoms with Crippen molar-refractivity contribution in [1.29, 1.82) is 0 Å². The van der Waals surface area contributed by atoms with Crippen LogP contribution in [0.15, 0.2) is 4.42 Å². The first-order chi connectivity index (χ1) is 8.06. The van der Waals surface area contributed by atoms with E-state index in [0.717, 1.165) is 0 Å². The molecule has 6 heteroatoms. The van der Waals surface area contributed by atoms with Crippen LogP contribution in [0.4, 0.5) is 0 Å². The Morgan fingerprint density at radius 1 is 1.18 bits per heavy atom. The molecule has 0 saturated heterocycles. The molecule has 0 unspecified atom stereocenters. The number of aryl methyl sites for hydroxylation is 1. The molecule has 0 fully saturated rings. The summed E-state index contributed by atoms with van der Waals surface area (Å²) < 4.78 is 9.95. The first-order valence-corrected chi connectivity index (χ1v) is 4.88. The van der Waals surface area contributed by atoms with Gasteiger partial charge in [0.25, 0.3) is 11.8 Å². The number of imide groups is 1. The number of nitrogens with one attached hydrogen (secondary N) is 1. The van der Waals surface area contributed by atoms with Gasteiger partial charge < -0.3 is 9.15 Å². The minimum Gasteiger partial charge on any atom is -0.465 e. The van der Waals surface area contributed by atoms with Crippen molar-refractivity contribution in [2.45, 2.75) is 6.92 Å². The van der Waals surface area contributed by atoms with Crippen molar-refractivity contribution in [2.24, 2.45) is 0 Å². The van der Waals surface area contributed by atoms with Crippen LogP contribution in [-0.4, -0.2) is 24.9 Å². The number of carbonyl (C=O) groups is 3. The Kier molecular flexibility index (Phi) is 1.65. The Balaban J connectivity index is 2.39. The van der Waals surface area contributed by atoms with E-state index in [1.54, 1.807) is 6.92 Å². The number of furan rings is 2. The number of amides is 2. The number of carbonyl (C=O) groups excluding carboxylic acids is 3. The molecule has 2 bridgehead atoms. The number of ether oxygens (including phenoxy) is 1. The lowest BCUT2D eigenvalue weighted by Crippen LogP contribution is -2.20. The van der Waals surface area contributed by atoms with Crippen LogP contribution in [0.2, 0.25) is 0 Å². The van der Waals surface area contributed by atoms with Crippen LogP contribution < -0.4 is 5.32 Å². The Morgan fingerprint density at radius 3 is 2.35 bits per heavy atom. The largest absolute Gasteiger partial charge is 0.465 e. The Bertz CT molecular complexity index is 681. The van der Waals surface area contributed by atoms with Crippen LogP contribution >= 0.6 is 0 Å². The molecule has 0 spiro atoms. The molecule has 0 aromatic carbocycles. The van der Waals surface area contributed by atoms with Crippen molar-refractivity contribution in [3.63, 3.8) is 0 Å². The molecule has 1 aliphatic heterocycles. The maximum Gasteiger partial charge on any atom is 0.342 e. The van der Waals surface area contributed by atoms with Crippen LogP contribution in [0.25, 0.3) is 11.2 Å². The van der Waals surface area contributed by atoms with Gasteiger partial charge in [-0.3, -0.25) is 14.9 Å². The molecule has 0 aliphatic carbocycles. The molecule has 0 saturated carbocycles. The third-order valence-corrected chi connectivity index (χ3v) is 2.92. The molecule has 6 nitrogen and oxygen atoms in total. The second-order valence-corrected chi connectivity index (χ2v) is 3.79. The van der Waals surface area contributed by atoms with E-state index in [1.165, 1.54) is 7.11 Å². The molecule has 1 N–H and O–H groups in total. The van der Waals surface area contributed by atoms with Crippen molar-refractivity contribution in [3.05, 3.63) is 22.3 Å². The minimum atomic E-state index is -0.578. The topological polar surface area (TPSA) is 85.6 Å². The molecule has 2 amide bonds. The van der Waals surface area contributed by atoms with Gasteiger partial charge in [0.1, 0.15) is 11.1 Å². The molecular weight excluding hydrogens is 226 g/mol. The lowest BCUT2D eigenvalue weighted by Gasteiger charge is -2.00. The number of benzene rings is 1. The van der Waals surface area contributed by atoms with E-state index in [-0.39, 0.29) is 27.9 Å². The van der Waals surface area contributed by atoms with Gasteiger partial charge in [-0.15, -0.1) is 0 Å². The summed E-state index contributed by atoms with van der Waals surface area (Å²) in [5.41, 5.74) is 1.49. The van der Waals surface area contributed by atoms with E-state index in [4.69, 9.17) is 4.42 Å². The highest BCUT2D eigenvalue weighted by atomic mass is 16.5. The Hall–Kier alpha value is -2.37. The third-order valence-electron chi connectivity index (χ3n) is 2.92. The Labute approximate surface area is 94.9 Å². The van der Waals surface area contributed by atoms with E-state index in [1.807, 2.05) is 0 Å². The van der Waals surface area contributed by atoms with Crippen LogP contribution in [0.1, 0.15) is 36.6 Å². The monoisotopic (exact) mass is 233 g/mol. The molecule has 17 heavy (non-hydrogen) atoms. The summed E-state index contributed by atoms with van der Waals surface area (Å²) in [6, 6.07) is 0. The van der Waals surface area contributed by atoms with E-state index < -0.39 is 17.8 Å². The zero-order valence-electron chi connectivity index (χ0n) is 9.04.